The van der Waals surface area contributed by atoms with Crippen LogP contribution in [0.4, 0.5) is 0 Å². The third-order valence-corrected chi connectivity index (χ3v) is 1.90. The van der Waals surface area contributed by atoms with Gasteiger partial charge in [0, 0.05) is 21.4 Å². The Labute approximate surface area is 102 Å². The Hall–Kier alpha value is 0.310. The van der Waals surface area contributed by atoms with E-state index >= 15 is 0 Å². The monoisotopic (exact) mass is 297 g/mol. The van der Waals surface area contributed by atoms with Crippen molar-refractivity contribution >= 4 is 47.4 Å². The quantitative estimate of drug-likeness (QED) is 0.740. The number of rotatable bonds is 5. The Balaban J connectivity index is 0. The average molecular weight is 298 g/mol. The zero-order valence-electron chi connectivity index (χ0n) is 8.24. The maximum atomic E-state index is 10.4. The van der Waals surface area contributed by atoms with Gasteiger partial charge in [0.25, 0.3) is 0 Å². The standard InChI is InChI=1S/C6H13NO2S.Cl2O2S/c1-7-5(6(8)9)3-4-10-2;1-5(2,3)4/h5,7H,3-4H2,1-2H3,(H,8,9);/t5-;/m0./s1. The molecule has 0 bridgehead atoms. The van der Waals surface area contributed by atoms with Gasteiger partial charge in [0.15, 0.2) is 0 Å². The van der Waals surface area contributed by atoms with E-state index < -0.39 is 14.2 Å². The summed E-state index contributed by atoms with van der Waals surface area (Å²) >= 11 is 1.66. The lowest BCUT2D eigenvalue weighted by molar-refractivity contribution is -0.139. The van der Waals surface area contributed by atoms with E-state index in [-0.39, 0.29) is 6.04 Å². The number of likely N-dealkylation sites (N-methyl/N-ethyl adjacent to an activating group) is 1. The molecule has 0 aromatic heterocycles. The summed E-state index contributed by atoms with van der Waals surface area (Å²) in [6.45, 7) is 0. The zero-order valence-corrected chi connectivity index (χ0v) is 11.4. The fraction of sp³-hybridized carbons (Fsp3) is 0.833. The summed E-state index contributed by atoms with van der Waals surface area (Å²) in [5, 5.41) is 11.3. The topological polar surface area (TPSA) is 83.5 Å². The summed E-state index contributed by atoms with van der Waals surface area (Å²) in [5.74, 6) is 0.120. The Morgan fingerprint density at radius 2 is 1.93 bits per heavy atom. The zero-order chi connectivity index (χ0) is 12.5. The normalized spacial score (nSPS) is 12.5. The van der Waals surface area contributed by atoms with Gasteiger partial charge in [0.2, 0.25) is 0 Å². The number of hydrogen-bond donors (Lipinski definition) is 2. The summed E-state index contributed by atoms with van der Waals surface area (Å²) in [4.78, 5) is 10.4. The molecule has 0 aromatic carbocycles. The molecule has 0 aliphatic heterocycles. The van der Waals surface area contributed by atoms with E-state index in [9.17, 15) is 4.79 Å². The first-order valence-electron chi connectivity index (χ1n) is 3.75. The van der Waals surface area contributed by atoms with Crippen molar-refractivity contribution in [3.8, 4) is 0 Å². The predicted molar refractivity (Wildman–Crippen MR) is 64.1 cm³/mol. The molecule has 0 aromatic rings. The van der Waals surface area contributed by atoms with Gasteiger partial charge in [-0.05, 0) is 25.5 Å². The number of halogens is 2. The van der Waals surface area contributed by atoms with Crippen LogP contribution in [0.3, 0.4) is 0 Å². The van der Waals surface area contributed by atoms with Crippen LogP contribution < -0.4 is 5.32 Å². The van der Waals surface area contributed by atoms with E-state index in [4.69, 9.17) is 13.5 Å². The van der Waals surface area contributed by atoms with E-state index in [1.807, 2.05) is 6.26 Å². The average Bonchev–Trinajstić information content (AvgIpc) is 2.02. The van der Waals surface area contributed by atoms with Gasteiger partial charge in [0.05, 0.1) is 0 Å². The molecule has 9 heteroatoms. The fourth-order valence-electron chi connectivity index (χ4n) is 0.627. The number of carbonyl (C=O) groups is 1. The lowest BCUT2D eigenvalue weighted by Gasteiger charge is -2.08. The Kier molecular flexibility index (Phi) is 11.2. The molecule has 0 aliphatic carbocycles. The van der Waals surface area contributed by atoms with E-state index in [1.165, 1.54) is 0 Å². The van der Waals surface area contributed by atoms with Crippen LogP contribution in [0.25, 0.3) is 0 Å². The third-order valence-electron chi connectivity index (χ3n) is 1.26. The largest absolute Gasteiger partial charge is 0.480 e. The minimum atomic E-state index is -3.72. The molecule has 0 saturated carbocycles. The first kappa shape index (κ1) is 17.7. The van der Waals surface area contributed by atoms with Crippen LogP contribution in [0.1, 0.15) is 6.42 Å². The highest BCUT2D eigenvalue weighted by Gasteiger charge is 2.12. The third kappa shape index (κ3) is 20.4. The lowest BCUT2D eigenvalue weighted by Crippen LogP contribution is -2.34. The van der Waals surface area contributed by atoms with Gasteiger partial charge in [-0.1, -0.05) is 0 Å². The van der Waals surface area contributed by atoms with Crippen LogP contribution >= 0.6 is 33.1 Å². The van der Waals surface area contributed by atoms with Crippen molar-refractivity contribution in [2.75, 3.05) is 19.1 Å². The maximum Gasteiger partial charge on any atom is 0.320 e. The highest BCUT2D eigenvalue weighted by atomic mass is 36.0. The molecule has 0 fully saturated rings. The second kappa shape index (κ2) is 9.53. The molecule has 0 rings (SSSR count). The van der Waals surface area contributed by atoms with Gasteiger partial charge < -0.3 is 10.4 Å². The van der Waals surface area contributed by atoms with Crippen LogP contribution in [0.15, 0.2) is 0 Å². The summed E-state index contributed by atoms with van der Waals surface area (Å²) in [6, 6.07) is -0.382. The second-order valence-corrected chi connectivity index (χ2v) is 6.99. The molecule has 2 N–H and O–H groups in total. The highest BCUT2D eigenvalue weighted by Crippen LogP contribution is 1.99. The van der Waals surface area contributed by atoms with Gasteiger partial charge in [-0.15, -0.1) is 0 Å². The number of aliphatic carboxylic acids is 1. The summed E-state index contributed by atoms with van der Waals surface area (Å²) in [6.07, 6.45) is 2.65. The SMILES string of the molecule is CN[C@@H](CCSC)C(=O)O.O=S(=O)(Cl)Cl. The summed E-state index contributed by atoms with van der Waals surface area (Å²) in [5.41, 5.74) is 0. The van der Waals surface area contributed by atoms with Gasteiger partial charge >= 0.3 is 14.2 Å². The van der Waals surface area contributed by atoms with Gasteiger partial charge in [-0.2, -0.15) is 20.2 Å². The second-order valence-electron chi connectivity index (χ2n) is 2.34. The van der Waals surface area contributed by atoms with Crippen LogP contribution in [-0.4, -0.2) is 44.6 Å². The van der Waals surface area contributed by atoms with Gasteiger partial charge in [-0.3, -0.25) is 4.79 Å². The van der Waals surface area contributed by atoms with Crippen molar-refractivity contribution in [2.24, 2.45) is 0 Å². The van der Waals surface area contributed by atoms with Crippen LogP contribution in [0, 0.1) is 0 Å². The summed E-state index contributed by atoms with van der Waals surface area (Å²) < 4.78 is 18.3. The molecule has 0 heterocycles. The molecule has 0 amide bonds. The number of thioether (sulfide) groups is 1. The van der Waals surface area contributed by atoms with Crippen LogP contribution in [0.2, 0.25) is 0 Å². The van der Waals surface area contributed by atoms with E-state index in [0.29, 0.717) is 6.42 Å². The molecule has 0 radical (unpaired) electrons. The molecule has 92 valence electrons. The molecule has 0 spiro atoms. The van der Waals surface area contributed by atoms with Crippen molar-refractivity contribution in [3.05, 3.63) is 0 Å². The number of hydrogen-bond acceptors (Lipinski definition) is 5. The van der Waals surface area contributed by atoms with Crippen molar-refractivity contribution in [2.45, 2.75) is 12.5 Å². The van der Waals surface area contributed by atoms with Crippen molar-refractivity contribution in [1.82, 2.24) is 5.32 Å². The van der Waals surface area contributed by atoms with Crippen LogP contribution in [-0.2, 0) is 13.1 Å². The molecular weight excluding hydrogens is 285 g/mol. The molecule has 5 nitrogen and oxygen atoms in total. The molecule has 0 aliphatic rings. The van der Waals surface area contributed by atoms with Crippen LogP contribution in [0.5, 0.6) is 0 Å². The predicted octanol–water partition coefficient (Wildman–Crippen LogP) is 1.12. The Morgan fingerprint density at radius 1 is 1.53 bits per heavy atom. The number of carboxylic acids is 1. The Morgan fingerprint density at radius 3 is 2.13 bits per heavy atom. The lowest BCUT2D eigenvalue weighted by atomic mass is 10.2. The summed E-state index contributed by atoms with van der Waals surface area (Å²) in [7, 11) is 6.48. The first-order valence-corrected chi connectivity index (χ1v) is 8.28. The minimum Gasteiger partial charge on any atom is -0.480 e. The minimum absolute atomic E-state index is 0.382. The van der Waals surface area contributed by atoms with Gasteiger partial charge in [0.1, 0.15) is 6.04 Å². The number of carboxylic acid groups (broad SMARTS) is 1. The molecule has 15 heavy (non-hydrogen) atoms. The maximum absolute atomic E-state index is 10.4. The van der Waals surface area contributed by atoms with Crippen molar-refractivity contribution < 1.29 is 18.3 Å². The van der Waals surface area contributed by atoms with E-state index in [0.717, 1.165) is 5.75 Å². The first-order chi connectivity index (χ1) is 6.72. The smallest absolute Gasteiger partial charge is 0.320 e. The van der Waals surface area contributed by atoms with E-state index in [1.54, 1.807) is 18.8 Å². The van der Waals surface area contributed by atoms with Crippen molar-refractivity contribution in [3.63, 3.8) is 0 Å². The molecule has 0 saturated heterocycles. The highest BCUT2D eigenvalue weighted by molar-refractivity contribution is 8.31. The molecular formula is C6H13Cl2NO4S2. The fourth-order valence-corrected chi connectivity index (χ4v) is 1.10. The van der Waals surface area contributed by atoms with E-state index in [2.05, 4.69) is 26.7 Å². The van der Waals surface area contributed by atoms with Gasteiger partial charge in [-0.25, -0.2) is 0 Å². The molecule has 0 unspecified atom stereocenters. The van der Waals surface area contributed by atoms with Crippen molar-refractivity contribution in [1.29, 1.82) is 0 Å². The molecule has 1 atom stereocenters. The Bertz CT molecular complexity index is 262. The number of nitrogens with one attached hydrogen (secondary N) is 1.